The van der Waals surface area contributed by atoms with Crippen LogP contribution in [-0.2, 0) is 6.54 Å². The topological polar surface area (TPSA) is 15.6 Å². The van der Waals surface area contributed by atoms with Crippen molar-refractivity contribution in [3.8, 4) is 0 Å². The van der Waals surface area contributed by atoms with Crippen molar-refractivity contribution in [3.63, 3.8) is 0 Å². The van der Waals surface area contributed by atoms with E-state index >= 15 is 0 Å². The van der Waals surface area contributed by atoms with Gasteiger partial charge in [-0.25, -0.2) is 8.70 Å². The van der Waals surface area contributed by atoms with Gasteiger partial charge in [0.25, 0.3) is 0 Å². The Morgan fingerprint density at radius 3 is 2.83 bits per heavy atom. The molecule has 2 aliphatic heterocycles. The summed E-state index contributed by atoms with van der Waals surface area (Å²) in [7, 11) is 0. The van der Waals surface area contributed by atoms with Gasteiger partial charge < -0.3 is 0 Å². The molecular formula is C14H20N2S2. The minimum Gasteiger partial charge on any atom is -0.242 e. The fourth-order valence-corrected chi connectivity index (χ4v) is 3.43. The van der Waals surface area contributed by atoms with Gasteiger partial charge in [-0.05, 0) is 48.4 Å². The van der Waals surface area contributed by atoms with Gasteiger partial charge in [0.1, 0.15) is 0 Å². The van der Waals surface area contributed by atoms with Crippen molar-refractivity contribution in [2.45, 2.75) is 37.6 Å². The number of rotatable bonds is 3. The summed E-state index contributed by atoms with van der Waals surface area (Å²) in [5.74, 6) is 1.19. The maximum absolute atomic E-state index is 3.88. The van der Waals surface area contributed by atoms with Crippen LogP contribution in [-0.4, -0.2) is 22.8 Å². The molecule has 2 aliphatic rings. The molecule has 98 valence electrons. The van der Waals surface area contributed by atoms with Crippen LogP contribution >= 0.6 is 23.9 Å². The molecule has 0 saturated carbocycles. The highest BCUT2D eigenvalue weighted by Crippen LogP contribution is 2.35. The maximum Gasteiger partial charge on any atom is 0.0355 e. The summed E-state index contributed by atoms with van der Waals surface area (Å²) in [4.78, 5) is 1.44. The Morgan fingerprint density at radius 1 is 1.33 bits per heavy atom. The quantitative estimate of drug-likeness (QED) is 0.762. The summed E-state index contributed by atoms with van der Waals surface area (Å²) in [5.41, 5.74) is 1.49. The molecule has 2 heterocycles. The number of hydrogen-bond acceptors (Lipinski definition) is 4. The monoisotopic (exact) mass is 280 g/mol. The lowest BCUT2D eigenvalue weighted by Crippen LogP contribution is -2.10. The van der Waals surface area contributed by atoms with Crippen LogP contribution in [0.2, 0.25) is 0 Å². The summed E-state index contributed by atoms with van der Waals surface area (Å²) in [6, 6.07) is 8.69. The van der Waals surface area contributed by atoms with E-state index in [0.717, 1.165) is 6.54 Å². The van der Waals surface area contributed by atoms with Gasteiger partial charge in [0, 0.05) is 30.0 Å². The minimum absolute atomic E-state index is 1.13. The van der Waals surface area contributed by atoms with E-state index in [1.807, 2.05) is 18.2 Å². The first-order valence-corrected chi connectivity index (χ1v) is 8.26. The molecule has 3 rings (SSSR count). The molecule has 0 atom stereocenters. The van der Waals surface area contributed by atoms with E-state index in [9.17, 15) is 0 Å². The van der Waals surface area contributed by atoms with Crippen molar-refractivity contribution < 1.29 is 0 Å². The average molecular weight is 280 g/mol. The zero-order valence-electron chi connectivity index (χ0n) is 10.8. The first kappa shape index (κ1) is 14.0. The van der Waals surface area contributed by atoms with E-state index < -0.39 is 0 Å². The molecule has 2 nitrogen and oxygen atoms in total. The van der Waals surface area contributed by atoms with Crippen LogP contribution in [0.15, 0.2) is 33.6 Å². The van der Waals surface area contributed by atoms with E-state index in [1.165, 1.54) is 42.0 Å². The number of unbranched alkanes of at least 4 members (excludes halogenated alkanes) is 1. The van der Waals surface area contributed by atoms with Gasteiger partial charge in [0.2, 0.25) is 0 Å². The predicted molar refractivity (Wildman–Crippen MR) is 83.2 cm³/mol. The Bertz CT molecular complexity index is 362. The first-order chi connectivity index (χ1) is 8.90. The normalized spacial score (nSPS) is 17.4. The number of nitrogens with zero attached hydrogens (tertiary/aromatic N) is 2. The summed E-state index contributed by atoms with van der Waals surface area (Å²) in [5, 5.41) is 0. The summed E-state index contributed by atoms with van der Waals surface area (Å²) < 4.78 is 6.33. The van der Waals surface area contributed by atoms with Gasteiger partial charge in [0.05, 0.1) is 0 Å². The predicted octanol–water partition coefficient (Wildman–Crippen LogP) is 4.42. The molecule has 0 unspecified atom stereocenters. The molecule has 0 bridgehead atoms. The Morgan fingerprint density at radius 2 is 2.22 bits per heavy atom. The fourth-order valence-electron chi connectivity index (χ4n) is 1.81. The smallest absolute Gasteiger partial charge is 0.0355 e. The molecule has 0 aromatic heterocycles. The van der Waals surface area contributed by atoms with Crippen LogP contribution in [0.3, 0.4) is 0 Å². The molecule has 0 saturated heterocycles. The minimum atomic E-state index is 1.13. The van der Waals surface area contributed by atoms with E-state index in [-0.39, 0.29) is 0 Å². The molecule has 1 aromatic rings. The highest BCUT2D eigenvalue weighted by molar-refractivity contribution is 7.98. The third kappa shape index (κ3) is 4.34. The number of fused-ring (bicyclic) bond motifs is 1. The van der Waals surface area contributed by atoms with Gasteiger partial charge >= 0.3 is 0 Å². The van der Waals surface area contributed by atoms with Crippen LogP contribution in [0.25, 0.3) is 0 Å². The lowest BCUT2D eigenvalue weighted by molar-refractivity contribution is 0.463. The third-order valence-electron chi connectivity index (χ3n) is 2.80. The zero-order valence-corrected chi connectivity index (χ0v) is 12.5. The van der Waals surface area contributed by atoms with Crippen molar-refractivity contribution in [2.75, 3.05) is 12.3 Å². The molecular weight excluding hydrogens is 260 g/mol. The van der Waals surface area contributed by atoms with E-state index in [0.29, 0.717) is 0 Å². The summed E-state index contributed by atoms with van der Waals surface area (Å²) in [6.07, 6.45) is 5.71. The molecule has 18 heavy (non-hydrogen) atoms. The fraction of sp³-hybridized carbons (Fsp3) is 0.500. The zero-order chi connectivity index (χ0) is 12.6. The second-order valence-corrected chi connectivity index (χ2v) is 6.34. The third-order valence-corrected chi connectivity index (χ3v) is 4.68. The lowest BCUT2D eigenvalue weighted by atomic mass is 10.2. The van der Waals surface area contributed by atoms with Gasteiger partial charge in [0.15, 0.2) is 0 Å². The van der Waals surface area contributed by atoms with Crippen LogP contribution < -0.4 is 0 Å². The second kappa shape index (κ2) is 7.87. The van der Waals surface area contributed by atoms with Crippen molar-refractivity contribution in [1.82, 2.24) is 4.31 Å². The molecule has 0 fully saturated rings. The van der Waals surface area contributed by atoms with Crippen molar-refractivity contribution >= 4 is 30.1 Å². The number of benzene rings is 1. The summed E-state index contributed by atoms with van der Waals surface area (Å²) in [6.45, 7) is 4.59. The molecule has 0 aliphatic carbocycles. The van der Waals surface area contributed by atoms with E-state index in [4.69, 9.17) is 0 Å². The SMILES string of the molecule is C1=NSCC1.CCCCN1Cc2ccccc2S1. The largest absolute Gasteiger partial charge is 0.242 e. The molecule has 0 N–H and O–H groups in total. The molecule has 0 amide bonds. The Kier molecular flexibility index (Phi) is 6.11. The van der Waals surface area contributed by atoms with Crippen molar-refractivity contribution in [2.24, 2.45) is 4.40 Å². The highest BCUT2D eigenvalue weighted by Gasteiger charge is 2.17. The molecule has 0 radical (unpaired) electrons. The Labute approximate surface area is 119 Å². The number of hydrogen-bond donors (Lipinski definition) is 0. The molecule has 0 spiro atoms. The van der Waals surface area contributed by atoms with Crippen LogP contribution in [0.4, 0.5) is 0 Å². The van der Waals surface area contributed by atoms with Gasteiger partial charge in [-0.1, -0.05) is 31.5 Å². The van der Waals surface area contributed by atoms with E-state index in [1.54, 1.807) is 11.9 Å². The van der Waals surface area contributed by atoms with Crippen molar-refractivity contribution in [3.05, 3.63) is 29.8 Å². The second-order valence-electron chi connectivity index (χ2n) is 4.33. The van der Waals surface area contributed by atoms with Crippen molar-refractivity contribution in [1.29, 1.82) is 0 Å². The van der Waals surface area contributed by atoms with E-state index in [2.05, 4.69) is 39.9 Å². The highest BCUT2D eigenvalue weighted by atomic mass is 32.2. The molecule has 4 heteroatoms. The Hall–Kier alpha value is -0.450. The van der Waals surface area contributed by atoms with Crippen LogP contribution in [0.5, 0.6) is 0 Å². The van der Waals surface area contributed by atoms with Crippen LogP contribution in [0, 0.1) is 0 Å². The Balaban J connectivity index is 0.000000202. The average Bonchev–Trinajstić information content (AvgIpc) is 3.08. The standard InChI is InChI=1S/C11H15NS.C3H5NS/c1-2-3-8-12-9-10-6-4-5-7-11(10)13-12;1-2-4-5-3-1/h4-7H,2-3,8-9H2,1H3;2H,1,3H2. The first-order valence-electron chi connectivity index (χ1n) is 6.54. The van der Waals surface area contributed by atoms with Gasteiger partial charge in [-0.3, -0.25) is 0 Å². The summed E-state index contributed by atoms with van der Waals surface area (Å²) >= 11 is 3.55. The van der Waals surface area contributed by atoms with Crippen LogP contribution in [0.1, 0.15) is 31.7 Å². The lowest BCUT2D eigenvalue weighted by Gasteiger charge is -2.11. The molecule has 1 aromatic carbocycles. The van der Waals surface area contributed by atoms with Gasteiger partial charge in [-0.2, -0.15) is 0 Å². The maximum atomic E-state index is 3.88. The van der Waals surface area contributed by atoms with Gasteiger partial charge in [-0.15, -0.1) is 0 Å².